The van der Waals surface area contributed by atoms with E-state index in [0.29, 0.717) is 76.0 Å². The third kappa shape index (κ3) is 8.62. The fourth-order valence-corrected chi connectivity index (χ4v) is 5.12. The number of carboxylic acids is 3. The molecule has 0 amide bonds. The van der Waals surface area contributed by atoms with Crippen LogP contribution in [0.3, 0.4) is 0 Å². The van der Waals surface area contributed by atoms with Gasteiger partial charge in [0.2, 0.25) is 0 Å². The number of aryl methyl sites for hydroxylation is 3. The van der Waals surface area contributed by atoms with Crippen LogP contribution in [0.25, 0.3) is 0 Å². The van der Waals surface area contributed by atoms with Gasteiger partial charge in [0.15, 0.2) is 0 Å². The third-order valence-corrected chi connectivity index (χ3v) is 7.05. The number of nitrogens with zero attached hydrogens (tertiary/aromatic N) is 6. The van der Waals surface area contributed by atoms with Crippen LogP contribution in [0, 0.1) is 20.8 Å². The van der Waals surface area contributed by atoms with Crippen LogP contribution in [-0.2, 0) is 19.6 Å². The largest absolute Gasteiger partial charge is 0.543 e. The molecular formula is C30H33N6O6-3. The number of carbonyl (C=O) groups excluding carboxylic acids is 3. The number of pyridine rings is 3. The highest BCUT2D eigenvalue weighted by atomic mass is 16.4. The van der Waals surface area contributed by atoms with Crippen LogP contribution >= 0.6 is 0 Å². The first kappa shape index (κ1) is 30.7. The van der Waals surface area contributed by atoms with Crippen molar-refractivity contribution in [1.29, 1.82) is 0 Å². The van der Waals surface area contributed by atoms with Gasteiger partial charge in [-0.25, -0.2) is 0 Å². The number of hydrogen-bond donors (Lipinski definition) is 0. The van der Waals surface area contributed by atoms with Crippen molar-refractivity contribution < 1.29 is 29.7 Å². The van der Waals surface area contributed by atoms with E-state index in [1.807, 2.05) is 39.0 Å². The van der Waals surface area contributed by atoms with Gasteiger partial charge < -0.3 is 29.7 Å². The Balaban J connectivity index is 1.58. The summed E-state index contributed by atoms with van der Waals surface area (Å²) < 4.78 is 0. The SMILES string of the molecule is Cc1cc(CN2CCN(Cc3cc(C)cc(C(=O)[O-])n3)CCN(Cc3cc(C)cc(C(=O)[O-])n3)CC2)nc(C(=O)[O-])c1. The summed E-state index contributed by atoms with van der Waals surface area (Å²) in [6.07, 6.45) is 0. The molecular weight excluding hydrogens is 540 g/mol. The van der Waals surface area contributed by atoms with Crippen LogP contribution in [0.4, 0.5) is 0 Å². The monoisotopic (exact) mass is 573 g/mol. The Bertz CT molecular complexity index is 1290. The van der Waals surface area contributed by atoms with Crippen LogP contribution in [-0.4, -0.2) is 86.8 Å². The lowest BCUT2D eigenvalue weighted by molar-refractivity contribution is -0.256. The maximum atomic E-state index is 11.5. The minimum absolute atomic E-state index is 0.110. The van der Waals surface area contributed by atoms with Crippen molar-refractivity contribution >= 4 is 17.9 Å². The second-order valence-corrected chi connectivity index (χ2v) is 10.8. The van der Waals surface area contributed by atoms with E-state index in [-0.39, 0.29) is 17.1 Å². The van der Waals surface area contributed by atoms with Gasteiger partial charge in [-0.3, -0.25) is 29.7 Å². The average molecular weight is 574 g/mol. The van der Waals surface area contributed by atoms with Gasteiger partial charge in [0.05, 0.1) is 52.1 Å². The fourth-order valence-electron chi connectivity index (χ4n) is 5.12. The number of carbonyl (C=O) groups is 3. The average Bonchev–Trinajstić information content (AvgIpc) is 2.99. The van der Waals surface area contributed by atoms with E-state index in [9.17, 15) is 29.7 Å². The van der Waals surface area contributed by atoms with Gasteiger partial charge in [-0.1, -0.05) is 0 Å². The van der Waals surface area contributed by atoms with Crippen LogP contribution in [0.2, 0.25) is 0 Å². The molecule has 1 fully saturated rings. The lowest BCUT2D eigenvalue weighted by Crippen LogP contribution is -2.36. The van der Waals surface area contributed by atoms with Crippen LogP contribution < -0.4 is 15.3 Å². The molecule has 12 nitrogen and oxygen atoms in total. The van der Waals surface area contributed by atoms with Crippen LogP contribution in [0.1, 0.15) is 65.2 Å². The summed E-state index contributed by atoms with van der Waals surface area (Å²) in [6, 6.07) is 9.99. The van der Waals surface area contributed by atoms with E-state index < -0.39 is 17.9 Å². The molecule has 1 aliphatic heterocycles. The van der Waals surface area contributed by atoms with Gasteiger partial charge in [-0.05, 0) is 73.9 Å². The van der Waals surface area contributed by atoms with Crippen molar-refractivity contribution in [2.75, 3.05) is 39.3 Å². The van der Waals surface area contributed by atoms with Gasteiger partial charge in [0.1, 0.15) is 0 Å². The zero-order chi connectivity index (χ0) is 30.4. The molecule has 4 heterocycles. The number of carboxylic acid groups (broad SMARTS) is 3. The summed E-state index contributed by atoms with van der Waals surface area (Å²) in [6.45, 7) is 10.5. The maximum absolute atomic E-state index is 11.5. The Morgan fingerprint density at radius 1 is 0.524 bits per heavy atom. The topological polar surface area (TPSA) is 169 Å². The minimum atomic E-state index is -1.33. The van der Waals surface area contributed by atoms with Crippen molar-refractivity contribution in [2.24, 2.45) is 0 Å². The molecule has 42 heavy (non-hydrogen) atoms. The Labute approximate surface area is 244 Å². The van der Waals surface area contributed by atoms with E-state index in [0.717, 1.165) is 16.7 Å². The number of aromatic nitrogens is 3. The van der Waals surface area contributed by atoms with Gasteiger partial charge in [0, 0.05) is 58.9 Å². The summed E-state index contributed by atoms with van der Waals surface area (Å²) in [5.41, 5.74) is 3.84. The first-order valence-corrected chi connectivity index (χ1v) is 13.7. The molecule has 1 aliphatic rings. The van der Waals surface area contributed by atoms with E-state index in [4.69, 9.17) is 0 Å². The highest BCUT2D eigenvalue weighted by Gasteiger charge is 2.19. The zero-order valence-electron chi connectivity index (χ0n) is 24.0. The zero-order valence-corrected chi connectivity index (χ0v) is 24.0. The second-order valence-electron chi connectivity index (χ2n) is 10.8. The van der Waals surface area contributed by atoms with Gasteiger partial charge >= 0.3 is 0 Å². The molecule has 0 aromatic carbocycles. The molecule has 0 bridgehead atoms. The molecule has 0 atom stereocenters. The number of rotatable bonds is 9. The molecule has 3 aromatic rings. The van der Waals surface area contributed by atoms with Gasteiger partial charge in [-0.15, -0.1) is 0 Å². The molecule has 0 unspecified atom stereocenters. The van der Waals surface area contributed by atoms with Crippen molar-refractivity contribution in [3.63, 3.8) is 0 Å². The van der Waals surface area contributed by atoms with E-state index in [2.05, 4.69) is 29.7 Å². The molecule has 0 aliphatic carbocycles. The van der Waals surface area contributed by atoms with E-state index >= 15 is 0 Å². The molecule has 0 radical (unpaired) electrons. The van der Waals surface area contributed by atoms with Crippen molar-refractivity contribution in [1.82, 2.24) is 29.7 Å². The third-order valence-electron chi connectivity index (χ3n) is 7.05. The van der Waals surface area contributed by atoms with Crippen LogP contribution in [0.5, 0.6) is 0 Å². The maximum Gasteiger partial charge on any atom is 0.0900 e. The fraction of sp³-hybridized carbons (Fsp3) is 0.400. The lowest BCUT2D eigenvalue weighted by Gasteiger charge is -2.26. The summed E-state index contributed by atoms with van der Waals surface area (Å²) in [5, 5.41) is 34.4. The molecule has 0 N–H and O–H groups in total. The number of aromatic carboxylic acids is 3. The molecule has 0 saturated carbocycles. The standard InChI is InChI=1S/C30H36N6O6/c1-19-10-22(31-25(13-19)28(37)38)16-34-4-6-35(17-23-11-20(2)14-26(32-23)29(39)40)8-9-36(7-5-34)18-24-12-21(3)15-27(33-24)30(41)42/h10-15H,4-9,16-18H2,1-3H3,(H,37,38)(H,39,40)(H,41,42)/p-3. The Hall–Kier alpha value is -4.26. The van der Waals surface area contributed by atoms with Crippen LogP contribution in [0.15, 0.2) is 36.4 Å². The first-order valence-electron chi connectivity index (χ1n) is 13.7. The van der Waals surface area contributed by atoms with Crippen molar-refractivity contribution in [3.8, 4) is 0 Å². The Morgan fingerprint density at radius 3 is 0.976 bits per heavy atom. The Kier molecular flexibility index (Phi) is 9.94. The molecule has 12 heteroatoms. The smallest absolute Gasteiger partial charge is 0.0900 e. The van der Waals surface area contributed by atoms with E-state index in [1.54, 1.807) is 0 Å². The predicted molar refractivity (Wildman–Crippen MR) is 146 cm³/mol. The summed E-state index contributed by atoms with van der Waals surface area (Å²) in [5.74, 6) is -3.99. The van der Waals surface area contributed by atoms with Gasteiger partial charge in [0.25, 0.3) is 0 Å². The highest BCUT2D eigenvalue weighted by Crippen LogP contribution is 2.14. The molecule has 1 saturated heterocycles. The van der Waals surface area contributed by atoms with Crippen molar-refractivity contribution in [2.45, 2.75) is 40.4 Å². The quantitative estimate of drug-likeness (QED) is 0.297. The summed E-state index contributed by atoms with van der Waals surface area (Å²) in [7, 11) is 0. The highest BCUT2D eigenvalue weighted by molar-refractivity contribution is 5.84. The summed E-state index contributed by atoms with van der Waals surface area (Å²) >= 11 is 0. The van der Waals surface area contributed by atoms with E-state index in [1.165, 1.54) is 18.2 Å². The predicted octanol–water partition coefficient (Wildman–Crippen LogP) is -1.29. The first-order chi connectivity index (χ1) is 19.9. The summed E-state index contributed by atoms with van der Waals surface area (Å²) in [4.78, 5) is 53.8. The normalized spacial score (nSPS) is 15.5. The molecule has 3 aromatic heterocycles. The number of hydrogen-bond acceptors (Lipinski definition) is 12. The Morgan fingerprint density at radius 2 is 0.762 bits per heavy atom. The molecule has 0 spiro atoms. The van der Waals surface area contributed by atoms with Gasteiger partial charge in [-0.2, -0.15) is 0 Å². The second kappa shape index (κ2) is 13.6. The minimum Gasteiger partial charge on any atom is -0.543 e. The van der Waals surface area contributed by atoms with Crippen molar-refractivity contribution in [3.05, 3.63) is 87.3 Å². The molecule has 4 rings (SSSR count). The lowest BCUT2D eigenvalue weighted by atomic mass is 10.2. The molecule has 222 valence electrons.